The van der Waals surface area contributed by atoms with Gasteiger partial charge in [-0.25, -0.2) is 8.78 Å². The van der Waals surface area contributed by atoms with Gasteiger partial charge in [0, 0.05) is 24.1 Å². The fourth-order valence-electron chi connectivity index (χ4n) is 1.49. The highest BCUT2D eigenvalue weighted by atomic mass is 19.3. The minimum Gasteiger partial charge on any atom is -0.398 e. The fourth-order valence-corrected chi connectivity index (χ4v) is 1.49. The quantitative estimate of drug-likeness (QED) is 0.814. The Balaban J connectivity index is 2.94. The Morgan fingerprint density at radius 1 is 1.61 bits per heavy atom. The molecule has 5 nitrogen and oxygen atoms in total. The Labute approximate surface area is 103 Å². The Kier molecular flexibility index (Phi) is 4.96. The van der Waals surface area contributed by atoms with Crippen LogP contribution in [0.1, 0.15) is 16.1 Å². The van der Waals surface area contributed by atoms with Gasteiger partial charge in [-0.1, -0.05) is 0 Å². The molecule has 0 aliphatic carbocycles. The normalized spacial score (nSPS) is 10.7. The molecule has 0 aliphatic heterocycles. The molecule has 0 saturated heterocycles. The Morgan fingerprint density at radius 2 is 2.28 bits per heavy atom. The van der Waals surface area contributed by atoms with Crippen molar-refractivity contribution in [2.24, 2.45) is 0 Å². The zero-order valence-corrected chi connectivity index (χ0v) is 9.94. The van der Waals surface area contributed by atoms with Gasteiger partial charge in [-0.05, 0) is 13.0 Å². The number of hydrogen-bond donors (Lipinski definition) is 2. The number of aliphatic hydroxyl groups is 1. The zero-order chi connectivity index (χ0) is 13.7. The molecule has 1 aromatic heterocycles. The van der Waals surface area contributed by atoms with Crippen molar-refractivity contribution in [1.82, 2.24) is 9.88 Å². The highest BCUT2D eigenvalue weighted by molar-refractivity contribution is 5.98. The molecule has 1 amide bonds. The number of aliphatic hydroxyl groups excluding tert-OH is 1. The average Bonchev–Trinajstić information content (AvgIpc) is 2.27. The van der Waals surface area contributed by atoms with E-state index < -0.39 is 25.5 Å². The third kappa shape index (κ3) is 3.63. The van der Waals surface area contributed by atoms with Crippen LogP contribution in [0, 0.1) is 6.92 Å². The van der Waals surface area contributed by atoms with E-state index in [1.165, 1.54) is 12.3 Å². The molecule has 100 valence electrons. The number of amides is 1. The maximum absolute atomic E-state index is 12.3. The summed E-state index contributed by atoms with van der Waals surface area (Å²) in [5.41, 5.74) is 6.53. The standard InChI is InChI=1S/C11H15F2N3O2/c1-7-4-9(14)8(5-15-7)11(18)16(2-3-17)6-10(12)13/h4-5,10,17H,2-3,6H2,1H3,(H2,14,15). The average molecular weight is 259 g/mol. The Hall–Kier alpha value is -1.76. The molecule has 0 aliphatic rings. The van der Waals surface area contributed by atoms with Crippen LogP contribution in [-0.4, -0.2) is 47.0 Å². The number of pyridine rings is 1. The lowest BCUT2D eigenvalue weighted by Gasteiger charge is -2.21. The number of carbonyl (C=O) groups is 1. The number of halogens is 2. The van der Waals surface area contributed by atoms with Crippen molar-refractivity contribution in [3.05, 3.63) is 23.5 Å². The second-order valence-corrected chi connectivity index (χ2v) is 3.78. The van der Waals surface area contributed by atoms with E-state index in [4.69, 9.17) is 10.8 Å². The maximum atomic E-state index is 12.3. The molecule has 1 rings (SSSR count). The van der Waals surface area contributed by atoms with Gasteiger partial charge < -0.3 is 15.7 Å². The van der Waals surface area contributed by atoms with Gasteiger partial charge in [0.25, 0.3) is 12.3 Å². The van der Waals surface area contributed by atoms with E-state index >= 15 is 0 Å². The van der Waals surface area contributed by atoms with Crippen molar-refractivity contribution in [2.75, 3.05) is 25.4 Å². The van der Waals surface area contributed by atoms with Gasteiger partial charge in [0.2, 0.25) is 0 Å². The number of carbonyl (C=O) groups excluding carboxylic acids is 1. The van der Waals surface area contributed by atoms with Crippen LogP contribution in [0.25, 0.3) is 0 Å². The zero-order valence-electron chi connectivity index (χ0n) is 9.94. The number of anilines is 1. The summed E-state index contributed by atoms with van der Waals surface area (Å²) in [4.78, 5) is 16.7. The van der Waals surface area contributed by atoms with E-state index in [2.05, 4.69) is 4.98 Å². The van der Waals surface area contributed by atoms with Crippen molar-refractivity contribution in [3.8, 4) is 0 Å². The molecule has 0 saturated carbocycles. The van der Waals surface area contributed by atoms with Crippen LogP contribution in [0.15, 0.2) is 12.3 Å². The summed E-state index contributed by atoms with van der Waals surface area (Å²) in [6.07, 6.45) is -1.41. The van der Waals surface area contributed by atoms with Gasteiger partial charge in [-0.15, -0.1) is 0 Å². The van der Waals surface area contributed by atoms with Crippen molar-refractivity contribution >= 4 is 11.6 Å². The van der Waals surface area contributed by atoms with Crippen LogP contribution in [0.3, 0.4) is 0 Å². The summed E-state index contributed by atoms with van der Waals surface area (Å²) >= 11 is 0. The van der Waals surface area contributed by atoms with E-state index in [-0.39, 0.29) is 17.8 Å². The molecule has 0 aromatic carbocycles. The summed E-state index contributed by atoms with van der Waals surface area (Å²) in [7, 11) is 0. The highest BCUT2D eigenvalue weighted by Crippen LogP contribution is 2.14. The molecule has 0 atom stereocenters. The van der Waals surface area contributed by atoms with E-state index in [1.54, 1.807) is 6.92 Å². The van der Waals surface area contributed by atoms with E-state index in [9.17, 15) is 13.6 Å². The van der Waals surface area contributed by atoms with Crippen molar-refractivity contribution in [1.29, 1.82) is 0 Å². The predicted molar refractivity (Wildman–Crippen MR) is 62.4 cm³/mol. The smallest absolute Gasteiger partial charge is 0.257 e. The second-order valence-electron chi connectivity index (χ2n) is 3.78. The number of alkyl halides is 2. The van der Waals surface area contributed by atoms with Gasteiger partial charge in [0.15, 0.2) is 0 Å². The highest BCUT2D eigenvalue weighted by Gasteiger charge is 2.21. The lowest BCUT2D eigenvalue weighted by molar-refractivity contribution is 0.0509. The molecule has 0 radical (unpaired) electrons. The molecule has 0 unspecified atom stereocenters. The van der Waals surface area contributed by atoms with Crippen molar-refractivity contribution in [2.45, 2.75) is 13.3 Å². The molecular weight excluding hydrogens is 244 g/mol. The minimum atomic E-state index is -2.67. The third-order valence-electron chi connectivity index (χ3n) is 2.32. The molecule has 18 heavy (non-hydrogen) atoms. The molecule has 0 spiro atoms. The predicted octanol–water partition coefficient (Wildman–Crippen LogP) is 0.672. The largest absolute Gasteiger partial charge is 0.398 e. The molecule has 0 bridgehead atoms. The Bertz CT molecular complexity index is 427. The van der Waals surface area contributed by atoms with E-state index in [0.29, 0.717) is 5.69 Å². The van der Waals surface area contributed by atoms with Crippen LogP contribution in [-0.2, 0) is 0 Å². The maximum Gasteiger partial charge on any atom is 0.257 e. The summed E-state index contributed by atoms with van der Waals surface area (Å²) < 4.78 is 24.7. The third-order valence-corrected chi connectivity index (χ3v) is 2.32. The second kappa shape index (κ2) is 6.25. The summed E-state index contributed by atoms with van der Waals surface area (Å²) in [5, 5.41) is 8.77. The molecule has 1 aromatic rings. The monoisotopic (exact) mass is 259 g/mol. The van der Waals surface area contributed by atoms with E-state index in [0.717, 1.165) is 4.90 Å². The lowest BCUT2D eigenvalue weighted by Crippen LogP contribution is -2.37. The first-order valence-electron chi connectivity index (χ1n) is 5.36. The first-order valence-corrected chi connectivity index (χ1v) is 5.36. The van der Waals surface area contributed by atoms with Gasteiger partial charge >= 0.3 is 0 Å². The molecular formula is C11H15F2N3O2. The molecule has 1 heterocycles. The number of nitrogens with two attached hydrogens (primary N) is 1. The lowest BCUT2D eigenvalue weighted by atomic mass is 10.2. The number of aromatic nitrogens is 1. The summed E-state index contributed by atoms with van der Waals surface area (Å²) in [6, 6.07) is 1.49. The van der Waals surface area contributed by atoms with Gasteiger partial charge in [0.05, 0.1) is 18.7 Å². The number of nitrogen functional groups attached to an aromatic ring is 1. The first kappa shape index (κ1) is 14.3. The van der Waals surface area contributed by atoms with Gasteiger partial charge in [-0.3, -0.25) is 9.78 Å². The Morgan fingerprint density at radius 3 is 2.78 bits per heavy atom. The van der Waals surface area contributed by atoms with Gasteiger partial charge in [0.1, 0.15) is 0 Å². The molecule has 3 N–H and O–H groups in total. The number of hydrogen-bond acceptors (Lipinski definition) is 4. The summed E-state index contributed by atoms with van der Waals surface area (Å²) in [5.74, 6) is -0.658. The van der Waals surface area contributed by atoms with Crippen LogP contribution in [0.2, 0.25) is 0 Å². The molecule has 0 fully saturated rings. The number of nitrogens with zero attached hydrogens (tertiary/aromatic N) is 2. The van der Waals surface area contributed by atoms with Crippen molar-refractivity contribution in [3.63, 3.8) is 0 Å². The minimum absolute atomic E-state index is 0.0645. The van der Waals surface area contributed by atoms with Crippen molar-refractivity contribution < 1.29 is 18.7 Å². The van der Waals surface area contributed by atoms with Gasteiger partial charge in [-0.2, -0.15) is 0 Å². The summed E-state index contributed by atoms with van der Waals surface area (Å²) in [6.45, 7) is 0.399. The van der Waals surface area contributed by atoms with E-state index in [1.807, 2.05) is 0 Å². The first-order chi connectivity index (χ1) is 8.45. The SMILES string of the molecule is Cc1cc(N)c(C(=O)N(CCO)CC(F)F)cn1. The number of rotatable bonds is 5. The van der Waals surface area contributed by atoms with Crippen LogP contribution in [0.5, 0.6) is 0 Å². The van der Waals surface area contributed by atoms with Crippen LogP contribution >= 0.6 is 0 Å². The topological polar surface area (TPSA) is 79.5 Å². The van der Waals surface area contributed by atoms with Crippen LogP contribution < -0.4 is 5.73 Å². The molecule has 7 heteroatoms. The van der Waals surface area contributed by atoms with Crippen LogP contribution in [0.4, 0.5) is 14.5 Å². The fraction of sp³-hybridized carbons (Fsp3) is 0.455. The number of aryl methyl sites for hydroxylation is 1.